The van der Waals surface area contributed by atoms with E-state index >= 15 is 4.39 Å². The molecule has 0 atom stereocenters. The van der Waals surface area contributed by atoms with Crippen LogP contribution >= 0.6 is 0 Å². The lowest BCUT2D eigenvalue weighted by Gasteiger charge is -2.28. The van der Waals surface area contributed by atoms with Crippen LogP contribution in [0.2, 0.25) is 0 Å². The van der Waals surface area contributed by atoms with Crippen molar-refractivity contribution < 1.29 is 31.1 Å². The average Bonchev–Trinajstić information content (AvgIpc) is 2.78. The van der Waals surface area contributed by atoms with E-state index in [1.54, 1.807) is 12.1 Å². The summed E-state index contributed by atoms with van der Waals surface area (Å²) >= 11 is 0. The zero-order valence-electron chi connectivity index (χ0n) is 18.8. The van der Waals surface area contributed by atoms with Gasteiger partial charge in [-0.25, -0.2) is 13.2 Å². The van der Waals surface area contributed by atoms with Gasteiger partial charge in [-0.15, -0.1) is 0 Å². The van der Waals surface area contributed by atoms with Crippen LogP contribution in [0.4, 0.5) is 26.3 Å². The number of fused-ring (bicyclic) bond motifs is 1. The van der Waals surface area contributed by atoms with E-state index in [9.17, 15) is 22.0 Å². The Labute approximate surface area is 194 Å². The lowest BCUT2D eigenvalue weighted by molar-refractivity contribution is -0.154. The average molecular weight is 480 g/mol. The van der Waals surface area contributed by atoms with Crippen molar-refractivity contribution in [1.29, 1.82) is 0 Å². The summed E-state index contributed by atoms with van der Waals surface area (Å²) in [5, 5.41) is -0.00669. The quantitative estimate of drug-likeness (QED) is 0.320. The molecule has 1 nitrogen and oxygen atoms in total. The van der Waals surface area contributed by atoms with Crippen LogP contribution < -0.4 is 4.74 Å². The highest BCUT2D eigenvalue weighted by molar-refractivity contribution is 5.89. The predicted molar refractivity (Wildman–Crippen MR) is 120 cm³/mol. The van der Waals surface area contributed by atoms with Gasteiger partial charge in [-0.05, 0) is 72.2 Å². The smallest absolute Gasteiger partial charge is 0.422 e. The molecule has 0 bridgehead atoms. The SMILES string of the molecule is CCCC1CCC(c2ccc(-c3ccc4c(F)c(OCC(F)(F)F)c(F)cc4c3)c(F)c2)CC1. The summed E-state index contributed by atoms with van der Waals surface area (Å²) in [5.74, 6) is -2.89. The van der Waals surface area contributed by atoms with Gasteiger partial charge < -0.3 is 4.74 Å². The summed E-state index contributed by atoms with van der Waals surface area (Å²) < 4.78 is 85.5. The lowest BCUT2D eigenvalue weighted by atomic mass is 9.77. The lowest BCUT2D eigenvalue weighted by Crippen LogP contribution is -2.20. The first kappa shape index (κ1) is 24.4. The van der Waals surface area contributed by atoms with Crippen LogP contribution in [0.25, 0.3) is 21.9 Å². The third-order valence-corrected chi connectivity index (χ3v) is 6.69. The van der Waals surface area contributed by atoms with Gasteiger partial charge in [0, 0.05) is 10.9 Å². The molecule has 182 valence electrons. The van der Waals surface area contributed by atoms with E-state index in [2.05, 4.69) is 11.7 Å². The van der Waals surface area contributed by atoms with Crippen LogP contribution in [-0.2, 0) is 0 Å². The van der Waals surface area contributed by atoms with Crippen LogP contribution in [0.1, 0.15) is 56.9 Å². The zero-order chi connectivity index (χ0) is 24.5. The molecule has 1 saturated carbocycles. The number of ether oxygens (including phenoxy) is 1. The standard InChI is InChI=1S/C27H26F6O/c1-2-3-16-4-6-17(7-5-16)18-8-10-21(23(28)13-18)19-9-11-22-20(12-19)14-24(29)26(25(22)30)34-15-27(31,32)33/h8-14,16-17H,2-7,15H2,1H3. The molecule has 34 heavy (non-hydrogen) atoms. The van der Waals surface area contributed by atoms with Crippen molar-refractivity contribution in [2.24, 2.45) is 5.92 Å². The van der Waals surface area contributed by atoms with Gasteiger partial charge in [0.25, 0.3) is 0 Å². The Bertz CT molecular complexity index is 1160. The van der Waals surface area contributed by atoms with Crippen molar-refractivity contribution in [3.63, 3.8) is 0 Å². The fourth-order valence-corrected chi connectivity index (χ4v) is 4.98. The van der Waals surface area contributed by atoms with Crippen molar-refractivity contribution in [3.05, 3.63) is 65.5 Å². The molecule has 0 spiro atoms. The van der Waals surface area contributed by atoms with Gasteiger partial charge in [0.05, 0.1) is 0 Å². The molecule has 3 aromatic carbocycles. The Balaban J connectivity index is 1.58. The molecule has 1 aliphatic rings. The van der Waals surface area contributed by atoms with E-state index < -0.39 is 36.0 Å². The van der Waals surface area contributed by atoms with E-state index in [1.807, 2.05) is 6.07 Å². The van der Waals surface area contributed by atoms with Crippen molar-refractivity contribution in [3.8, 4) is 16.9 Å². The number of hydrogen-bond acceptors (Lipinski definition) is 1. The molecule has 1 aliphatic carbocycles. The monoisotopic (exact) mass is 480 g/mol. The zero-order valence-corrected chi connectivity index (χ0v) is 18.8. The van der Waals surface area contributed by atoms with Crippen molar-refractivity contribution in [1.82, 2.24) is 0 Å². The van der Waals surface area contributed by atoms with Gasteiger partial charge in [0.15, 0.2) is 24.0 Å². The first-order valence-electron chi connectivity index (χ1n) is 11.6. The number of hydrogen-bond donors (Lipinski definition) is 0. The first-order valence-corrected chi connectivity index (χ1v) is 11.6. The summed E-state index contributed by atoms with van der Waals surface area (Å²) in [6, 6.07) is 10.2. The highest BCUT2D eigenvalue weighted by atomic mass is 19.4. The normalized spacial score (nSPS) is 18.9. The number of rotatable bonds is 6. The van der Waals surface area contributed by atoms with Gasteiger partial charge in [0.1, 0.15) is 5.82 Å². The molecule has 7 heteroatoms. The maximum Gasteiger partial charge on any atom is 0.422 e. The molecule has 0 radical (unpaired) electrons. The maximum atomic E-state index is 15.0. The molecule has 1 fully saturated rings. The predicted octanol–water partition coefficient (Wildman–Crippen LogP) is 8.94. The topological polar surface area (TPSA) is 9.23 Å². The summed E-state index contributed by atoms with van der Waals surface area (Å²) in [7, 11) is 0. The second kappa shape index (κ2) is 9.88. The number of halogens is 6. The highest BCUT2D eigenvalue weighted by Crippen LogP contribution is 2.39. The van der Waals surface area contributed by atoms with Gasteiger partial charge >= 0.3 is 6.18 Å². The molecule has 0 heterocycles. The summed E-state index contributed by atoms with van der Waals surface area (Å²) in [5.41, 5.74) is 1.68. The minimum absolute atomic E-state index is 0.101. The molecule has 0 aromatic heterocycles. The minimum Gasteiger partial charge on any atom is -0.478 e. The van der Waals surface area contributed by atoms with Crippen molar-refractivity contribution >= 4 is 10.8 Å². The Hall–Kier alpha value is -2.70. The molecule has 0 N–H and O–H groups in total. The van der Waals surface area contributed by atoms with Crippen LogP contribution in [0.15, 0.2) is 42.5 Å². The second-order valence-corrected chi connectivity index (χ2v) is 9.09. The molecular weight excluding hydrogens is 454 g/mol. The number of benzene rings is 3. The van der Waals surface area contributed by atoms with E-state index in [1.165, 1.54) is 31.0 Å². The van der Waals surface area contributed by atoms with Crippen LogP contribution in [-0.4, -0.2) is 12.8 Å². The van der Waals surface area contributed by atoms with Crippen LogP contribution in [0.3, 0.4) is 0 Å². The third-order valence-electron chi connectivity index (χ3n) is 6.69. The van der Waals surface area contributed by atoms with Gasteiger partial charge in [-0.1, -0.05) is 44.0 Å². The minimum atomic E-state index is -4.73. The van der Waals surface area contributed by atoms with Crippen LogP contribution in [0, 0.1) is 23.4 Å². The highest BCUT2D eigenvalue weighted by Gasteiger charge is 2.30. The Morgan fingerprint density at radius 3 is 2.26 bits per heavy atom. The summed E-state index contributed by atoms with van der Waals surface area (Å²) in [4.78, 5) is 0. The van der Waals surface area contributed by atoms with Crippen molar-refractivity contribution in [2.75, 3.05) is 6.61 Å². The van der Waals surface area contributed by atoms with E-state index in [0.29, 0.717) is 17.0 Å². The van der Waals surface area contributed by atoms with Gasteiger partial charge in [-0.3, -0.25) is 0 Å². The fraction of sp³-hybridized carbons (Fsp3) is 0.407. The molecule has 0 aliphatic heterocycles. The Morgan fingerprint density at radius 1 is 0.882 bits per heavy atom. The van der Waals surface area contributed by atoms with Crippen LogP contribution in [0.5, 0.6) is 5.75 Å². The molecule has 0 saturated heterocycles. The second-order valence-electron chi connectivity index (χ2n) is 9.09. The summed E-state index contributed by atoms with van der Waals surface area (Å²) in [6.07, 6.45) is 2.07. The Kier molecular flexibility index (Phi) is 7.10. The van der Waals surface area contributed by atoms with E-state index in [0.717, 1.165) is 43.2 Å². The van der Waals surface area contributed by atoms with E-state index in [4.69, 9.17) is 0 Å². The molecular formula is C27H26F6O. The fourth-order valence-electron chi connectivity index (χ4n) is 4.98. The van der Waals surface area contributed by atoms with Gasteiger partial charge in [-0.2, -0.15) is 13.2 Å². The Morgan fingerprint density at radius 2 is 1.62 bits per heavy atom. The van der Waals surface area contributed by atoms with Gasteiger partial charge in [0.2, 0.25) is 0 Å². The van der Waals surface area contributed by atoms with Crippen molar-refractivity contribution in [2.45, 2.75) is 57.5 Å². The third kappa shape index (κ3) is 5.34. The largest absolute Gasteiger partial charge is 0.478 e. The molecule has 0 amide bonds. The molecule has 0 unspecified atom stereocenters. The summed E-state index contributed by atoms with van der Waals surface area (Å²) in [6.45, 7) is 0.388. The van der Waals surface area contributed by atoms with E-state index in [-0.39, 0.29) is 10.8 Å². The maximum absolute atomic E-state index is 15.0. The first-order chi connectivity index (χ1) is 16.2. The molecule has 3 aromatic rings. The number of alkyl halides is 3. The molecule has 4 rings (SSSR count).